The maximum absolute atomic E-state index is 10.2. The van der Waals surface area contributed by atoms with Crippen LogP contribution in [0.5, 0.6) is 0 Å². The molecular formula is C10H15N2O2S-. The fraction of sp³-hybridized carbons (Fsp3) is 0.300. The molecule has 1 aromatic heterocycles. The highest BCUT2D eigenvalue weighted by atomic mass is 32.2. The van der Waals surface area contributed by atoms with Crippen LogP contribution in [0, 0.1) is 0 Å². The van der Waals surface area contributed by atoms with Crippen LogP contribution in [0.4, 0.5) is 0 Å². The number of nitrogens with zero attached hydrogens (tertiary/aromatic N) is 1. The second-order valence-electron chi connectivity index (χ2n) is 2.53. The highest BCUT2D eigenvalue weighted by molar-refractivity contribution is 7.79. The number of rotatable bonds is 1. The van der Waals surface area contributed by atoms with Gasteiger partial charge >= 0.3 is 0 Å². The van der Waals surface area contributed by atoms with Crippen LogP contribution in [0.2, 0.25) is 0 Å². The lowest BCUT2D eigenvalue weighted by atomic mass is 10.3. The van der Waals surface area contributed by atoms with Crippen molar-refractivity contribution in [2.24, 2.45) is 0 Å². The zero-order valence-electron chi connectivity index (χ0n) is 8.52. The predicted molar refractivity (Wildman–Crippen MR) is 60.2 cm³/mol. The van der Waals surface area contributed by atoms with Gasteiger partial charge < -0.3 is 9.87 Å². The van der Waals surface area contributed by atoms with Crippen molar-refractivity contribution in [2.45, 2.75) is 11.3 Å². The van der Waals surface area contributed by atoms with Gasteiger partial charge in [0.05, 0.1) is 0 Å². The van der Waals surface area contributed by atoms with Crippen molar-refractivity contribution in [3.8, 4) is 0 Å². The Hall–Kier alpha value is -1.04. The van der Waals surface area contributed by atoms with E-state index in [0.717, 1.165) is 0 Å². The second kappa shape index (κ2) is 9.51. The third-order valence-electron chi connectivity index (χ3n) is 1.53. The average molecular weight is 227 g/mol. The highest BCUT2D eigenvalue weighted by Gasteiger charge is 1.92. The molecule has 1 fully saturated rings. The normalized spacial score (nSPS) is 14.5. The zero-order valence-corrected chi connectivity index (χ0v) is 9.33. The Bertz CT molecular complexity index is 272. The number of nitrogens with one attached hydrogen (secondary N) is 1. The van der Waals surface area contributed by atoms with E-state index in [-0.39, 0.29) is 4.90 Å². The molecule has 1 aliphatic heterocycles. The first-order valence-electron chi connectivity index (χ1n) is 4.50. The van der Waals surface area contributed by atoms with E-state index < -0.39 is 11.1 Å². The molecule has 4 nitrogen and oxygen atoms in total. The molecule has 84 valence electrons. The molecular weight excluding hydrogens is 212 g/mol. The molecule has 1 saturated heterocycles. The Morgan fingerprint density at radius 1 is 1.47 bits per heavy atom. The summed E-state index contributed by atoms with van der Waals surface area (Å²) in [6.45, 7) is 8.50. The first-order valence-corrected chi connectivity index (χ1v) is 5.58. The molecule has 0 bridgehead atoms. The van der Waals surface area contributed by atoms with Crippen LogP contribution in [0.25, 0.3) is 0 Å². The maximum Gasteiger partial charge on any atom is 0.0432 e. The van der Waals surface area contributed by atoms with Gasteiger partial charge in [-0.05, 0) is 42.7 Å². The van der Waals surface area contributed by atoms with Crippen molar-refractivity contribution in [2.75, 3.05) is 13.1 Å². The summed E-state index contributed by atoms with van der Waals surface area (Å²) in [4.78, 5) is 3.83. The summed E-state index contributed by atoms with van der Waals surface area (Å²) in [5.74, 6) is 0. The average Bonchev–Trinajstić information content (AvgIpc) is 2.20. The quantitative estimate of drug-likeness (QED) is 0.576. The minimum absolute atomic E-state index is 0.220. The number of aromatic nitrogens is 1. The molecule has 2 heterocycles. The molecule has 0 radical (unpaired) electrons. The Morgan fingerprint density at radius 2 is 2.00 bits per heavy atom. The van der Waals surface area contributed by atoms with E-state index in [1.54, 1.807) is 6.07 Å². The summed E-state index contributed by atoms with van der Waals surface area (Å²) < 4.78 is 20.3. The Balaban J connectivity index is 0.000000272. The van der Waals surface area contributed by atoms with Gasteiger partial charge in [-0.25, -0.2) is 0 Å². The number of hydrogen-bond acceptors (Lipinski definition) is 4. The standard InChI is InChI=1S/C5H5NO2S.C3H7N.C2H4/c7-9(8)5-2-1-3-6-4-5;1-2-4-3-1;1-2/h1-4H,(H,7,8);4H,1-3H2;1-2H2/p-1. The molecule has 1 N–H and O–H groups in total. The summed E-state index contributed by atoms with van der Waals surface area (Å²) in [6, 6.07) is 3.06. The van der Waals surface area contributed by atoms with E-state index in [1.807, 2.05) is 0 Å². The monoisotopic (exact) mass is 227 g/mol. The van der Waals surface area contributed by atoms with Gasteiger partial charge in [-0.1, -0.05) is 0 Å². The lowest BCUT2D eigenvalue weighted by Crippen LogP contribution is -2.29. The van der Waals surface area contributed by atoms with Crippen LogP contribution in [0.15, 0.2) is 42.6 Å². The molecule has 15 heavy (non-hydrogen) atoms. The van der Waals surface area contributed by atoms with Crippen molar-refractivity contribution in [3.63, 3.8) is 0 Å². The van der Waals surface area contributed by atoms with Crippen molar-refractivity contribution >= 4 is 11.1 Å². The maximum atomic E-state index is 10.2. The van der Waals surface area contributed by atoms with Crippen molar-refractivity contribution in [3.05, 3.63) is 37.7 Å². The van der Waals surface area contributed by atoms with Gasteiger partial charge in [0, 0.05) is 17.3 Å². The molecule has 5 heteroatoms. The van der Waals surface area contributed by atoms with Gasteiger partial charge in [0.15, 0.2) is 0 Å². The third-order valence-corrected chi connectivity index (χ3v) is 2.16. The zero-order chi connectivity index (χ0) is 11.5. The summed E-state index contributed by atoms with van der Waals surface area (Å²) in [6.07, 6.45) is 4.21. The van der Waals surface area contributed by atoms with Gasteiger partial charge in [0.1, 0.15) is 0 Å². The van der Waals surface area contributed by atoms with Gasteiger partial charge in [0.25, 0.3) is 0 Å². The highest BCUT2D eigenvalue weighted by Crippen LogP contribution is 1.98. The van der Waals surface area contributed by atoms with E-state index in [0.29, 0.717) is 0 Å². The summed E-state index contributed by atoms with van der Waals surface area (Å²) >= 11 is -2.14. The molecule has 0 aliphatic carbocycles. The van der Waals surface area contributed by atoms with Gasteiger partial charge in [-0.3, -0.25) is 9.19 Å². The topological polar surface area (TPSA) is 65.0 Å². The summed E-state index contributed by atoms with van der Waals surface area (Å²) in [7, 11) is 0. The minimum atomic E-state index is -2.14. The van der Waals surface area contributed by atoms with Crippen LogP contribution < -0.4 is 5.32 Å². The minimum Gasteiger partial charge on any atom is -0.768 e. The van der Waals surface area contributed by atoms with Crippen LogP contribution in [0.3, 0.4) is 0 Å². The Morgan fingerprint density at radius 3 is 2.20 bits per heavy atom. The molecule has 1 aliphatic rings. The van der Waals surface area contributed by atoms with Crippen LogP contribution in [0.1, 0.15) is 6.42 Å². The molecule has 1 unspecified atom stereocenters. The van der Waals surface area contributed by atoms with Crippen molar-refractivity contribution in [1.29, 1.82) is 0 Å². The summed E-state index contributed by atoms with van der Waals surface area (Å²) in [5, 5.41) is 3.11. The summed E-state index contributed by atoms with van der Waals surface area (Å²) in [5.41, 5.74) is 0. The van der Waals surface area contributed by atoms with Crippen LogP contribution >= 0.6 is 0 Å². The van der Waals surface area contributed by atoms with Crippen LogP contribution in [-0.4, -0.2) is 26.8 Å². The Kier molecular flexibility index (Phi) is 8.85. The van der Waals surface area contributed by atoms with E-state index >= 15 is 0 Å². The fourth-order valence-electron chi connectivity index (χ4n) is 0.622. The molecule has 1 aromatic rings. The van der Waals surface area contributed by atoms with Crippen LogP contribution in [-0.2, 0) is 11.1 Å². The van der Waals surface area contributed by atoms with Gasteiger partial charge in [-0.2, -0.15) is 0 Å². The van der Waals surface area contributed by atoms with E-state index in [9.17, 15) is 8.76 Å². The first kappa shape index (κ1) is 14.0. The van der Waals surface area contributed by atoms with Crippen molar-refractivity contribution < 1.29 is 8.76 Å². The first-order chi connectivity index (χ1) is 7.30. The van der Waals surface area contributed by atoms with E-state index in [2.05, 4.69) is 23.5 Å². The second-order valence-corrected chi connectivity index (χ2v) is 3.47. The lowest BCUT2D eigenvalue weighted by molar-refractivity contribution is 0.527. The smallest absolute Gasteiger partial charge is 0.0432 e. The SMILES string of the molecule is C1CNC1.C=C.O=S([O-])c1cccnc1. The lowest BCUT2D eigenvalue weighted by Gasteiger charge is -2.09. The largest absolute Gasteiger partial charge is 0.768 e. The molecule has 0 amide bonds. The van der Waals surface area contributed by atoms with E-state index in [1.165, 1.54) is 38.0 Å². The number of pyridine rings is 1. The van der Waals surface area contributed by atoms with E-state index in [4.69, 9.17) is 0 Å². The van der Waals surface area contributed by atoms with Gasteiger partial charge in [0.2, 0.25) is 0 Å². The fourth-order valence-corrected chi connectivity index (χ4v) is 0.959. The molecule has 0 spiro atoms. The van der Waals surface area contributed by atoms with Gasteiger partial charge in [-0.15, -0.1) is 13.2 Å². The number of hydrogen-bond donors (Lipinski definition) is 1. The molecule has 2 rings (SSSR count). The molecule has 0 saturated carbocycles. The molecule has 1 atom stereocenters. The van der Waals surface area contributed by atoms with Crippen molar-refractivity contribution in [1.82, 2.24) is 10.3 Å². The predicted octanol–water partition coefficient (Wildman–Crippen LogP) is 1.10. The molecule has 0 aromatic carbocycles. The Labute approximate surface area is 92.7 Å². The third kappa shape index (κ3) is 6.96.